The van der Waals surface area contributed by atoms with Crippen LogP contribution in [0.15, 0.2) is 96.1 Å². The van der Waals surface area contributed by atoms with E-state index in [4.69, 9.17) is 4.74 Å². The molecular formula is C30H30N4O2. The number of nitrogens with one attached hydrogen (secondary N) is 1. The Kier molecular flexibility index (Phi) is 7.36. The summed E-state index contributed by atoms with van der Waals surface area (Å²) >= 11 is 0. The summed E-state index contributed by atoms with van der Waals surface area (Å²) in [5, 5.41) is 4.35. The van der Waals surface area contributed by atoms with Gasteiger partial charge in [0, 0.05) is 24.3 Å². The van der Waals surface area contributed by atoms with Gasteiger partial charge in [-0.25, -0.2) is 5.43 Å². The normalized spacial score (nSPS) is 14.2. The van der Waals surface area contributed by atoms with Gasteiger partial charge in [0.05, 0.1) is 37.4 Å². The maximum atomic E-state index is 12.5. The van der Waals surface area contributed by atoms with E-state index in [1.165, 1.54) is 5.56 Å². The third kappa shape index (κ3) is 5.46. The van der Waals surface area contributed by atoms with E-state index in [0.29, 0.717) is 19.8 Å². The fraction of sp³-hybridized carbons (Fsp3) is 0.200. The van der Waals surface area contributed by atoms with Crippen molar-refractivity contribution in [3.05, 3.63) is 102 Å². The predicted octanol–water partition coefficient (Wildman–Crippen LogP) is 4.90. The van der Waals surface area contributed by atoms with E-state index in [1.807, 2.05) is 36.4 Å². The minimum atomic E-state index is -0.129. The molecule has 5 rings (SSSR count). The van der Waals surface area contributed by atoms with Crippen molar-refractivity contribution in [2.45, 2.75) is 6.92 Å². The lowest BCUT2D eigenvalue weighted by Crippen LogP contribution is -2.42. The zero-order valence-corrected chi connectivity index (χ0v) is 20.4. The monoisotopic (exact) mass is 478 g/mol. The fourth-order valence-electron chi connectivity index (χ4n) is 4.47. The van der Waals surface area contributed by atoms with Gasteiger partial charge in [-0.05, 0) is 36.2 Å². The smallest absolute Gasteiger partial charge is 0.254 e. The molecule has 0 bridgehead atoms. The van der Waals surface area contributed by atoms with E-state index >= 15 is 0 Å². The Morgan fingerprint density at radius 2 is 1.56 bits per heavy atom. The van der Waals surface area contributed by atoms with Crippen molar-refractivity contribution in [2.24, 2.45) is 5.10 Å². The van der Waals surface area contributed by atoms with Crippen LogP contribution in [0.25, 0.3) is 28.2 Å². The lowest BCUT2D eigenvalue weighted by Gasteiger charge is -2.25. The van der Waals surface area contributed by atoms with Crippen LogP contribution in [0.4, 0.5) is 0 Å². The van der Waals surface area contributed by atoms with Gasteiger partial charge in [-0.2, -0.15) is 5.10 Å². The van der Waals surface area contributed by atoms with Gasteiger partial charge in [0.15, 0.2) is 0 Å². The van der Waals surface area contributed by atoms with E-state index in [0.717, 1.165) is 46.9 Å². The van der Waals surface area contributed by atoms with Crippen LogP contribution in [0.5, 0.6) is 0 Å². The number of carbonyl (C=O) groups is 1. The molecule has 0 radical (unpaired) electrons. The molecule has 6 heteroatoms. The van der Waals surface area contributed by atoms with Crippen LogP contribution in [-0.4, -0.2) is 54.4 Å². The van der Waals surface area contributed by atoms with Crippen molar-refractivity contribution >= 4 is 12.1 Å². The summed E-state index contributed by atoms with van der Waals surface area (Å²) in [7, 11) is 0. The average molecular weight is 479 g/mol. The number of aromatic nitrogens is 1. The van der Waals surface area contributed by atoms with Gasteiger partial charge in [0.1, 0.15) is 0 Å². The molecule has 3 aromatic carbocycles. The van der Waals surface area contributed by atoms with E-state index in [2.05, 4.69) is 81.5 Å². The van der Waals surface area contributed by atoms with Gasteiger partial charge in [0.2, 0.25) is 0 Å². The predicted molar refractivity (Wildman–Crippen MR) is 144 cm³/mol. The van der Waals surface area contributed by atoms with Crippen LogP contribution in [0.2, 0.25) is 0 Å². The number of nitrogens with zero attached hydrogens (tertiary/aromatic N) is 3. The van der Waals surface area contributed by atoms with Crippen molar-refractivity contribution in [3.8, 4) is 28.2 Å². The van der Waals surface area contributed by atoms with Gasteiger partial charge in [0.25, 0.3) is 5.91 Å². The average Bonchev–Trinajstić information content (AvgIpc) is 3.30. The minimum Gasteiger partial charge on any atom is -0.379 e. The summed E-state index contributed by atoms with van der Waals surface area (Å²) in [6.07, 6.45) is 1.75. The molecule has 1 aromatic heterocycles. The van der Waals surface area contributed by atoms with Gasteiger partial charge in [-0.3, -0.25) is 9.69 Å². The van der Waals surface area contributed by atoms with Crippen molar-refractivity contribution in [1.82, 2.24) is 14.9 Å². The lowest BCUT2D eigenvalue weighted by molar-refractivity contribution is -0.123. The second-order valence-corrected chi connectivity index (χ2v) is 8.92. The highest BCUT2D eigenvalue weighted by atomic mass is 16.5. The molecule has 2 heterocycles. The van der Waals surface area contributed by atoms with Crippen LogP contribution in [-0.2, 0) is 9.53 Å². The SMILES string of the molecule is Cc1ccc(-n2c(-c3ccccc3)cc(/C=N\NC(=O)CN3CCOCC3)c2-c2ccccc2)cc1. The number of rotatable bonds is 7. The molecule has 0 atom stereocenters. The standard InChI is InChI=1S/C30H30N4O2/c1-23-12-14-27(15-13-23)34-28(24-8-4-2-5-9-24)20-26(30(34)25-10-6-3-7-11-25)21-31-32-29(35)22-33-16-18-36-19-17-33/h2-15,20-21H,16-19,22H2,1H3,(H,32,35)/b31-21-. The molecule has 0 saturated carbocycles. The minimum absolute atomic E-state index is 0.129. The highest BCUT2D eigenvalue weighted by Crippen LogP contribution is 2.35. The lowest BCUT2D eigenvalue weighted by atomic mass is 10.1. The number of ether oxygens (including phenoxy) is 1. The highest BCUT2D eigenvalue weighted by molar-refractivity contribution is 5.94. The van der Waals surface area contributed by atoms with Crippen molar-refractivity contribution in [3.63, 3.8) is 0 Å². The summed E-state index contributed by atoms with van der Waals surface area (Å²) in [5.74, 6) is -0.129. The number of hydrogen-bond donors (Lipinski definition) is 1. The third-order valence-electron chi connectivity index (χ3n) is 6.30. The van der Waals surface area contributed by atoms with E-state index in [1.54, 1.807) is 6.21 Å². The molecule has 1 N–H and O–H groups in total. The number of carbonyl (C=O) groups excluding carboxylic acids is 1. The van der Waals surface area contributed by atoms with Crippen molar-refractivity contribution in [2.75, 3.05) is 32.8 Å². The van der Waals surface area contributed by atoms with Crippen molar-refractivity contribution < 1.29 is 9.53 Å². The first-order valence-electron chi connectivity index (χ1n) is 12.2. The van der Waals surface area contributed by atoms with Crippen LogP contribution in [0, 0.1) is 6.92 Å². The number of benzene rings is 3. The Morgan fingerprint density at radius 1 is 0.917 bits per heavy atom. The molecule has 1 aliphatic heterocycles. The zero-order valence-electron chi connectivity index (χ0n) is 20.4. The Hall–Kier alpha value is -4.00. The zero-order chi connectivity index (χ0) is 24.7. The largest absolute Gasteiger partial charge is 0.379 e. The Labute approximate surface area is 211 Å². The molecular weight excluding hydrogens is 448 g/mol. The Balaban J connectivity index is 1.54. The van der Waals surface area contributed by atoms with Gasteiger partial charge >= 0.3 is 0 Å². The quantitative estimate of drug-likeness (QED) is 0.304. The second kappa shape index (κ2) is 11.2. The summed E-state index contributed by atoms with van der Waals surface area (Å²) in [6, 6.07) is 31.3. The summed E-state index contributed by atoms with van der Waals surface area (Å²) in [4.78, 5) is 14.6. The maximum absolute atomic E-state index is 12.5. The van der Waals surface area contributed by atoms with Gasteiger partial charge < -0.3 is 9.30 Å². The number of amides is 1. The first kappa shape index (κ1) is 23.7. The molecule has 182 valence electrons. The summed E-state index contributed by atoms with van der Waals surface area (Å²) in [6.45, 7) is 5.24. The Morgan fingerprint density at radius 3 is 2.22 bits per heavy atom. The molecule has 0 unspecified atom stereocenters. The number of hydrogen-bond acceptors (Lipinski definition) is 4. The van der Waals surface area contributed by atoms with Crippen LogP contribution in [0.1, 0.15) is 11.1 Å². The van der Waals surface area contributed by atoms with Crippen LogP contribution < -0.4 is 5.43 Å². The highest BCUT2D eigenvalue weighted by Gasteiger charge is 2.19. The molecule has 0 aliphatic carbocycles. The molecule has 36 heavy (non-hydrogen) atoms. The van der Waals surface area contributed by atoms with Crippen molar-refractivity contribution in [1.29, 1.82) is 0 Å². The third-order valence-corrected chi connectivity index (χ3v) is 6.30. The van der Waals surface area contributed by atoms with E-state index < -0.39 is 0 Å². The molecule has 0 spiro atoms. The molecule has 4 aromatic rings. The number of morpholine rings is 1. The molecule has 1 saturated heterocycles. The first-order valence-corrected chi connectivity index (χ1v) is 12.2. The number of aryl methyl sites for hydroxylation is 1. The molecule has 1 amide bonds. The molecule has 1 fully saturated rings. The second-order valence-electron chi connectivity index (χ2n) is 8.92. The number of hydrazone groups is 1. The van der Waals surface area contributed by atoms with E-state index in [-0.39, 0.29) is 5.91 Å². The fourth-order valence-corrected chi connectivity index (χ4v) is 4.47. The van der Waals surface area contributed by atoms with Crippen LogP contribution >= 0.6 is 0 Å². The topological polar surface area (TPSA) is 58.9 Å². The Bertz CT molecular complexity index is 1320. The molecule has 6 nitrogen and oxygen atoms in total. The van der Waals surface area contributed by atoms with Crippen LogP contribution in [0.3, 0.4) is 0 Å². The van der Waals surface area contributed by atoms with Gasteiger partial charge in [-0.15, -0.1) is 0 Å². The summed E-state index contributed by atoms with van der Waals surface area (Å²) < 4.78 is 7.63. The summed E-state index contributed by atoms with van der Waals surface area (Å²) in [5.41, 5.74) is 10.2. The van der Waals surface area contributed by atoms with E-state index in [9.17, 15) is 4.79 Å². The maximum Gasteiger partial charge on any atom is 0.254 e. The first-order chi connectivity index (χ1) is 17.7. The molecule has 1 aliphatic rings. The van der Waals surface area contributed by atoms with Gasteiger partial charge in [-0.1, -0.05) is 78.4 Å².